The van der Waals surface area contributed by atoms with Gasteiger partial charge in [-0.3, -0.25) is 4.40 Å². The van der Waals surface area contributed by atoms with Gasteiger partial charge in [0.15, 0.2) is 4.96 Å². The number of nitrogens with zero attached hydrogens (tertiary/aromatic N) is 2. The number of aromatic nitrogens is 2. The molecule has 0 aromatic carbocycles. The van der Waals surface area contributed by atoms with E-state index in [1.165, 1.54) is 12.1 Å². The van der Waals surface area contributed by atoms with Crippen LogP contribution in [0.3, 0.4) is 0 Å². The van der Waals surface area contributed by atoms with E-state index in [0.717, 1.165) is 36.5 Å². The second-order valence-electron chi connectivity index (χ2n) is 6.23. The van der Waals surface area contributed by atoms with Crippen molar-refractivity contribution in [2.24, 2.45) is 5.92 Å². The van der Waals surface area contributed by atoms with Crippen LogP contribution >= 0.6 is 11.3 Å². The average Bonchev–Trinajstić information content (AvgIpc) is 2.91. The minimum atomic E-state index is -0.524. The summed E-state index contributed by atoms with van der Waals surface area (Å²) in [6, 6.07) is 0. The van der Waals surface area contributed by atoms with Gasteiger partial charge in [-0.25, -0.2) is 4.98 Å². The van der Waals surface area contributed by atoms with Gasteiger partial charge in [0.05, 0.1) is 17.0 Å². The van der Waals surface area contributed by atoms with Gasteiger partial charge < -0.3 is 10.4 Å². The molecule has 3 rings (SSSR count). The Labute approximate surface area is 123 Å². The van der Waals surface area contributed by atoms with Crippen molar-refractivity contribution >= 4 is 16.3 Å². The van der Waals surface area contributed by atoms with E-state index in [0.29, 0.717) is 12.5 Å². The number of hydrogen-bond acceptors (Lipinski definition) is 4. The van der Waals surface area contributed by atoms with Crippen LogP contribution in [0.4, 0.5) is 0 Å². The van der Waals surface area contributed by atoms with Gasteiger partial charge in [0.25, 0.3) is 0 Å². The van der Waals surface area contributed by atoms with E-state index in [1.54, 1.807) is 11.3 Å². The third-order valence-corrected chi connectivity index (χ3v) is 5.13. The number of imidazole rings is 1. The minimum Gasteiger partial charge on any atom is -0.389 e. The van der Waals surface area contributed by atoms with Crippen molar-refractivity contribution in [3.05, 3.63) is 23.0 Å². The first-order valence-electron chi connectivity index (χ1n) is 7.41. The van der Waals surface area contributed by atoms with Crippen molar-refractivity contribution in [1.29, 1.82) is 0 Å². The summed E-state index contributed by atoms with van der Waals surface area (Å²) < 4.78 is 2.14. The van der Waals surface area contributed by atoms with Crippen LogP contribution in [-0.4, -0.2) is 26.6 Å². The summed E-state index contributed by atoms with van der Waals surface area (Å²) in [7, 11) is 0. The Hall–Kier alpha value is -0.910. The Kier molecular flexibility index (Phi) is 3.84. The van der Waals surface area contributed by atoms with Crippen LogP contribution in [0.1, 0.15) is 44.0 Å². The average molecular weight is 293 g/mol. The van der Waals surface area contributed by atoms with Gasteiger partial charge in [-0.15, -0.1) is 11.3 Å². The van der Waals surface area contributed by atoms with Crippen molar-refractivity contribution in [2.45, 2.75) is 51.7 Å². The molecule has 4 nitrogen and oxygen atoms in total. The Morgan fingerprint density at radius 1 is 1.60 bits per heavy atom. The molecular weight excluding hydrogens is 270 g/mol. The van der Waals surface area contributed by atoms with Crippen LogP contribution < -0.4 is 5.32 Å². The number of nitrogens with one attached hydrogen (secondary N) is 1. The van der Waals surface area contributed by atoms with Crippen LogP contribution in [0.25, 0.3) is 4.96 Å². The van der Waals surface area contributed by atoms with E-state index >= 15 is 0 Å². The molecule has 1 aliphatic rings. The maximum atomic E-state index is 10.6. The molecule has 1 fully saturated rings. The molecule has 2 atom stereocenters. The number of hydrogen-bond donors (Lipinski definition) is 2. The molecule has 1 saturated carbocycles. The van der Waals surface area contributed by atoms with E-state index in [9.17, 15) is 5.11 Å². The van der Waals surface area contributed by atoms with Crippen molar-refractivity contribution in [1.82, 2.24) is 14.7 Å². The van der Waals surface area contributed by atoms with Gasteiger partial charge in [0.1, 0.15) is 0 Å². The molecule has 0 saturated heterocycles. The smallest absolute Gasteiger partial charge is 0.194 e. The fraction of sp³-hybridized carbons (Fsp3) is 0.667. The molecule has 0 spiro atoms. The molecule has 2 aromatic heterocycles. The molecule has 110 valence electrons. The van der Waals surface area contributed by atoms with Crippen LogP contribution in [0.15, 0.2) is 11.6 Å². The molecule has 2 heterocycles. The van der Waals surface area contributed by atoms with Crippen LogP contribution in [0.5, 0.6) is 0 Å². The summed E-state index contributed by atoms with van der Waals surface area (Å²) >= 11 is 1.66. The zero-order valence-electron chi connectivity index (χ0n) is 12.2. The maximum Gasteiger partial charge on any atom is 0.194 e. The lowest BCUT2D eigenvalue weighted by Crippen LogP contribution is -2.43. The Bertz CT molecular complexity index is 591. The SMILES string of the molecule is Cc1nc2sccn2c1CNCC1(O)CCCC(C)C1. The van der Waals surface area contributed by atoms with Crippen LogP contribution in [0, 0.1) is 12.8 Å². The second kappa shape index (κ2) is 5.47. The molecule has 0 aliphatic heterocycles. The van der Waals surface area contributed by atoms with Gasteiger partial charge in [-0.2, -0.15) is 0 Å². The van der Waals surface area contributed by atoms with Gasteiger partial charge in [0, 0.05) is 24.7 Å². The summed E-state index contributed by atoms with van der Waals surface area (Å²) in [5.74, 6) is 0.635. The third kappa shape index (κ3) is 2.75. The van der Waals surface area contributed by atoms with Crippen molar-refractivity contribution in [3.8, 4) is 0 Å². The van der Waals surface area contributed by atoms with Crippen molar-refractivity contribution in [3.63, 3.8) is 0 Å². The Balaban J connectivity index is 1.62. The van der Waals surface area contributed by atoms with Gasteiger partial charge in [-0.1, -0.05) is 19.8 Å². The molecular formula is C15H23N3OS. The molecule has 1 aliphatic carbocycles. The predicted molar refractivity (Wildman–Crippen MR) is 82.1 cm³/mol. The number of rotatable bonds is 4. The molecule has 5 heteroatoms. The van der Waals surface area contributed by atoms with Gasteiger partial charge >= 0.3 is 0 Å². The van der Waals surface area contributed by atoms with E-state index in [4.69, 9.17) is 0 Å². The molecule has 2 unspecified atom stereocenters. The van der Waals surface area contributed by atoms with Crippen LogP contribution in [0.2, 0.25) is 0 Å². The zero-order valence-corrected chi connectivity index (χ0v) is 13.0. The first kappa shape index (κ1) is 14.0. The van der Waals surface area contributed by atoms with E-state index in [1.807, 2.05) is 6.92 Å². The minimum absolute atomic E-state index is 0.524. The number of thiazole rings is 1. The lowest BCUT2D eigenvalue weighted by Gasteiger charge is -2.35. The van der Waals surface area contributed by atoms with E-state index < -0.39 is 5.60 Å². The summed E-state index contributed by atoms with van der Waals surface area (Å²) in [4.78, 5) is 5.59. The van der Waals surface area contributed by atoms with E-state index in [-0.39, 0.29) is 0 Å². The highest BCUT2D eigenvalue weighted by molar-refractivity contribution is 7.15. The number of fused-ring (bicyclic) bond motifs is 1. The normalized spacial score (nSPS) is 27.2. The lowest BCUT2D eigenvalue weighted by molar-refractivity contribution is -0.0120. The zero-order chi connectivity index (χ0) is 14.2. The van der Waals surface area contributed by atoms with Gasteiger partial charge in [-0.05, 0) is 25.7 Å². The molecule has 20 heavy (non-hydrogen) atoms. The molecule has 0 bridgehead atoms. The second-order valence-corrected chi connectivity index (χ2v) is 7.10. The predicted octanol–water partition coefficient (Wildman–Crippen LogP) is 2.74. The fourth-order valence-electron chi connectivity index (χ4n) is 3.36. The standard InChI is InChI=1S/C15H23N3OS/c1-11-4-3-5-15(19,8-11)10-16-9-13-12(2)17-14-18(13)6-7-20-14/h6-7,11,16,19H,3-5,8-10H2,1-2H3. The van der Waals surface area contributed by atoms with Crippen molar-refractivity contribution < 1.29 is 5.11 Å². The first-order chi connectivity index (χ1) is 9.57. The van der Waals surface area contributed by atoms with E-state index in [2.05, 4.69) is 33.2 Å². The lowest BCUT2D eigenvalue weighted by atomic mass is 9.79. The highest BCUT2D eigenvalue weighted by atomic mass is 32.1. The number of aliphatic hydroxyl groups is 1. The quantitative estimate of drug-likeness (QED) is 0.911. The Morgan fingerprint density at radius 2 is 2.45 bits per heavy atom. The fourth-order valence-corrected chi connectivity index (χ4v) is 4.14. The topological polar surface area (TPSA) is 49.6 Å². The largest absolute Gasteiger partial charge is 0.389 e. The maximum absolute atomic E-state index is 10.6. The Morgan fingerprint density at radius 3 is 3.25 bits per heavy atom. The van der Waals surface area contributed by atoms with Gasteiger partial charge in [0.2, 0.25) is 0 Å². The summed E-state index contributed by atoms with van der Waals surface area (Å²) in [6.07, 6.45) is 6.29. The summed E-state index contributed by atoms with van der Waals surface area (Å²) in [5.41, 5.74) is 1.76. The molecule has 0 radical (unpaired) electrons. The molecule has 2 aromatic rings. The molecule has 2 N–H and O–H groups in total. The van der Waals surface area contributed by atoms with Crippen molar-refractivity contribution in [2.75, 3.05) is 6.54 Å². The third-order valence-electron chi connectivity index (χ3n) is 4.38. The summed E-state index contributed by atoms with van der Waals surface area (Å²) in [5, 5.41) is 16.1. The van der Waals surface area contributed by atoms with Crippen LogP contribution in [-0.2, 0) is 6.54 Å². The highest BCUT2D eigenvalue weighted by Crippen LogP contribution is 2.31. The summed E-state index contributed by atoms with van der Waals surface area (Å²) in [6.45, 7) is 5.73. The monoisotopic (exact) mass is 293 g/mol. The first-order valence-corrected chi connectivity index (χ1v) is 8.29. The molecule has 0 amide bonds. The number of aryl methyl sites for hydroxylation is 1. The highest BCUT2D eigenvalue weighted by Gasteiger charge is 2.32.